The molecule has 0 aliphatic rings. The molecule has 0 heterocycles. The lowest BCUT2D eigenvalue weighted by atomic mass is 10.1. The van der Waals surface area contributed by atoms with Gasteiger partial charge < -0.3 is 5.32 Å². The third-order valence-electron chi connectivity index (χ3n) is 1.82. The zero-order valence-electron chi connectivity index (χ0n) is 8.56. The minimum atomic E-state index is 0.573. The van der Waals surface area contributed by atoms with E-state index in [1.165, 1.54) is 5.57 Å². The summed E-state index contributed by atoms with van der Waals surface area (Å²) in [6.45, 7) is 11.2. The van der Waals surface area contributed by atoms with Gasteiger partial charge in [-0.2, -0.15) is 0 Å². The van der Waals surface area contributed by atoms with Gasteiger partial charge in [0.15, 0.2) is 0 Å². The molecular formula is C11H21N. The summed E-state index contributed by atoms with van der Waals surface area (Å²) in [5.41, 5.74) is 1.48. The van der Waals surface area contributed by atoms with Crippen LogP contribution in [0, 0.1) is 0 Å². The molecule has 0 saturated heterocycles. The van der Waals surface area contributed by atoms with Crippen LogP contribution >= 0.6 is 0 Å². The number of rotatable bonds is 6. The molecule has 0 fully saturated rings. The first kappa shape index (κ1) is 11.4. The maximum Gasteiger partial charge on any atom is 0.0166 e. The van der Waals surface area contributed by atoms with Gasteiger partial charge in [-0.15, -0.1) is 6.58 Å². The van der Waals surface area contributed by atoms with Gasteiger partial charge in [0.2, 0.25) is 0 Å². The Balaban J connectivity index is 3.61. The molecular weight excluding hydrogens is 146 g/mol. The fourth-order valence-corrected chi connectivity index (χ4v) is 0.957. The van der Waals surface area contributed by atoms with Crippen molar-refractivity contribution in [3.8, 4) is 0 Å². The van der Waals surface area contributed by atoms with E-state index < -0.39 is 0 Å². The molecule has 0 amide bonds. The number of allylic oxidation sites excluding steroid dienone is 2. The van der Waals surface area contributed by atoms with Crippen molar-refractivity contribution >= 4 is 0 Å². The van der Waals surface area contributed by atoms with E-state index in [9.17, 15) is 0 Å². The van der Waals surface area contributed by atoms with Crippen LogP contribution in [0.3, 0.4) is 0 Å². The highest BCUT2D eigenvalue weighted by Crippen LogP contribution is 2.03. The van der Waals surface area contributed by atoms with Crippen molar-refractivity contribution in [2.45, 2.75) is 39.7 Å². The van der Waals surface area contributed by atoms with E-state index >= 15 is 0 Å². The summed E-state index contributed by atoms with van der Waals surface area (Å²) < 4.78 is 0. The molecule has 0 aromatic carbocycles. The predicted molar refractivity (Wildman–Crippen MR) is 56.3 cm³/mol. The monoisotopic (exact) mass is 167 g/mol. The van der Waals surface area contributed by atoms with E-state index in [0.29, 0.717) is 6.04 Å². The Labute approximate surface area is 76.6 Å². The molecule has 0 saturated carbocycles. The Kier molecular flexibility index (Phi) is 6.78. The van der Waals surface area contributed by atoms with Crippen molar-refractivity contribution in [1.82, 2.24) is 5.32 Å². The summed E-state index contributed by atoms with van der Waals surface area (Å²) in [7, 11) is 0. The fraction of sp³-hybridized carbons (Fsp3) is 0.636. The topological polar surface area (TPSA) is 12.0 Å². The van der Waals surface area contributed by atoms with Gasteiger partial charge in [0.25, 0.3) is 0 Å². The first-order valence-electron chi connectivity index (χ1n) is 4.69. The van der Waals surface area contributed by atoms with Gasteiger partial charge in [0, 0.05) is 12.6 Å². The Morgan fingerprint density at radius 2 is 2.17 bits per heavy atom. The molecule has 1 N–H and O–H groups in total. The minimum absolute atomic E-state index is 0.573. The molecule has 0 rings (SSSR count). The highest BCUT2D eigenvalue weighted by molar-refractivity contribution is 5.03. The van der Waals surface area contributed by atoms with Crippen molar-refractivity contribution in [2.75, 3.05) is 6.54 Å². The number of hydrogen-bond donors (Lipinski definition) is 1. The Hall–Kier alpha value is -0.560. The van der Waals surface area contributed by atoms with Crippen molar-refractivity contribution in [3.63, 3.8) is 0 Å². The summed E-state index contributed by atoms with van der Waals surface area (Å²) in [6.07, 6.45) is 6.39. The smallest absolute Gasteiger partial charge is 0.0166 e. The maximum absolute atomic E-state index is 3.71. The molecule has 0 aliphatic heterocycles. The first-order chi connectivity index (χ1) is 5.70. The molecule has 0 atom stereocenters. The predicted octanol–water partition coefficient (Wildman–Crippen LogP) is 2.90. The van der Waals surface area contributed by atoms with Gasteiger partial charge in [0.05, 0.1) is 0 Å². The average molecular weight is 167 g/mol. The first-order valence-corrected chi connectivity index (χ1v) is 4.69. The maximum atomic E-state index is 3.71. The van der Waals surface area contributed by atoms with E-state index in [2.05, 4.69) is 38.7 Å². The van der Waals surface area contributed by atoms with E-state index in [4.69, 9.17) is 0 Å². The van der Waals surface area contributed by atoms with Crippen molar-refractivity contribution in [2.24, 2.45) is 0 Å². The van der Waals surface area contributed by atoms with Crippen LogP contribution in [0.4, 0.5) is 0 Å². The second kappa shape index (κ2) is 7.11. The largest absolute Gasteiger partial charge is 0.311 e. The second-order valence-electron chi connectivity index (χ2n) is 3.31. The van der Waals surface area contributed by atoms with E-state index in [1.807, 2.05) is 6.08 Å². The summed E-state index contributed by atoms with van der Waals surface area (Å²) in [5.74, 6) is 0. The normalized spacial score (nSPS) is 12.2. The standard InChI is InChI=1S/C11H21N/c1-5-7-8-11(6-2)9-12-10(3)4/h5-6,10,12H,1,7-9H2,2-4H3/b11-6+. The molecule has 70 valence electrons. The van der Waals surface area contributed by atoms with Gasteiger partial charge in [0.1, 0.15) is 0 Å². The van der Waals surface area contributed by atoms with Crippen LogP contribution in [-0.4, -0.2) is 12.6 Å². The van der Waals surface area contributed by atoms with Gasteiger partial charge in [-0.05, 0) is 19.8 Å². The molecule has 12 heavy (non-hydrogen) atoms. The average Bonchev–Trinajstić information content (AvgIpc) is 2.05. The lowest BCUT2D eigenvalue weighted by molar-refractivity contribution is 0.612. The number of nitrogens with one attached hydrogen (secondary N) is 1. The molecule has 0 aliphatic carbocycles. The lowest BCUT2D eigenvalue weighted by Gasteiger charge is -2.10. The molecule has 0 aromatic heterocycles. The summed E-state index contributed by atoms with van der Waals surface area (Å²) in [5, 5.41) is 3.40. The molecule has 1 nitrogen and oxygen atoms in total. The van der Waals surface area contributed by atoms with E-state index in [-0.39, 0.29) is 0 Å². The highest BCUT2D eigenvalue weighted by Gasteiger charge is 1.96. The molecule has 0 bridgehead atoms. The van der Waals surface area contributed by atoms with Crippen LogP contribution in [0.2, 0.25) is 0 Å². The zero-order chi connectivity index (χ0) is 9.40. The van der Waals surface area contributed by atoms with Crippen LogP contribution < -0.4 is 5.32 Å². The Morgan fingerprint density at radius 1 is 1.50 bits per heavy atom. The minimum Gasteiger partial charge on any atom is -0.311 e. The van der Waals surface area contributed by atoms with Crippen LogP contribution in [0.15, 0.2) is 24.3 Å². The van der Waals surface area contributed by atoms with Gasteiger partial charge in [-0.25, -0.2) is 0 Å². The molecule has 1 heteroatoms. The van der Waals surface area contributed by atoms with Crippen LogP contribution in [0.1, 0.15) is 33.6 Å². The SMILES string of the molecule is C=CCC/C(=C\C)CNC(C)C. The fourth-order valence-electron chi connectivity index (χ4n) is 0.957. The van der Waals surface area contributed by atoms with Gasteiger partial charge in [-0.1, -0.05) is 31.6 Å². The lowest BCUT2D eigenvalue weighted by Crippen LogP contribution is -2.24. The molecule has 0 aromatic rings. The van der Waals surface area contributed by atoms with Gasteiger partial charge >= 0.3 is 0 Å². The highest BCUT2D eigenvalue weighted by atomic mass is 14.9. The van der Waals surface area contributed by atoms with Crippen molar-refractivity contribution in [3.05, 3.63) is 24.3 Å². The third kappa shape index (κ3) is 6.17. The second-order valence-corrected chi connectivity index (χ2v) is 3.31. The summed E-state index contributed by atoms with van der Waals surface area (Å²) in [4.78, 5) is 0. The molecule has 0 unspecified atom stereocenters. The summed E-state index contributed by atoms with van der Waals surface area (Å²) >= 11 is 0. The quantitative estimate of drug-likeness (QED) is 0.600. The van der Waals surface area contributed by atoms with Gasteiger partial charge in [-0.3, -0.25) is 0 Å². The van der Waals surface area contributed by atoms with Crippen molar-refractivity contribution < 1.29 is 0 Å². The zero-order valence-corrected chi connectivity index (χ0v) is 8.56. The van der Waals surface area contributed by atoms with Crippen LogP contribution in [-0.2, 0) is 0 Å². The van der Waals surface area contributed by atoms with E-state index in [1.54, 1.807) is 0 Å². The van der Waals surface area contributed by atoms with Crippen molar-refractivity contribution in [1.29, 1.82) is 0 Å². The van der Waals surface area contributed by atoms with E-state index in [0.717, 1.165) is 19.4 Å². The molecule has 0 spiro atoms. The van der Waals surface area contributed by atoms with Crippen LogP contribution in [0.25, 0.3) is 0 Å². The Bertz CT molecular complexity index is 145. The van der Waals surface area contributed by atoms with Crippen LogP contribution in [0.5, 0.6) is 0 Å². The number of hydrogen-bond acceptors (Lipinski definition) is 1. The summed E-state index contributed by atoms with van der Waals surface area (Å²) in [6, 6.07) is 0.573. The Morgan fingerprint density at radius 3 is 2.58 bits per heavy atom. The third-order valence-corrected chi connectivity index (χ3v) is 1.82. The molecule has 0 radical (unpaired) electrons.